The third-order valence-corrected chi connectivity index (χ3v) is 6.19. The van der Waals surface area contributed by atoms with Gasteiger partial charge in [0.2, 0.25) is 0 Å². The average Bonchev–Trinajstić information content (AvgIpc) is 3.34. The van der Waals surface area contributed by atoms with Gasteiger partial charge in [0.1, 0.15) is 23.6 Å². The summed E-state index contributed by atoms with van der Waals surface area (Å²) < 4.78 is 12.3. The summed E-state index contributed by atoms with van der Waals surface area (Å²) >= 11 is 0. The molecule has 1 fully saturated rings. The second kappa shape index (κ2) is 9.95. The Labute approximate surface area is 194 Å². The molecule has 1 aliphatic rings. The number of carbonyl (C=O) groups excluding carboxylic acids is 1. The first kappa shape index (κ1) is 22.7. The highest BCUT2D eigenvalue weighted by Crippen LogP contribution is 2.25. The smallest absolute Gasteiger partial charge is 0.329 e. The number of aromatic hydroxyl groups is 1. The molecular weight excluding hydrogens is 420 g/mol. The molecule has 3 aromatic rings. The number of phenols is 1. The third-order valence-electron chi connectivity index (χ3n) is 6.19. The van der Waals surface area contributed by atoms with Gasteiger partial charge in [0.15, 0.2) is 0 Å². The van der Waals surface area contributed by atoms with Crippen molar-refractivity contribution < 1.29 is 19.4 Å². The van der Waals surface area contributed by atoms with Gasteiger partial charge in [-0.3, -0.25) is 9.47 Å². The molecule has 1 saturated heterocycles. The molecule has 174 valence electrons. The minimum Gasteiger partial charge on any atom is -0.508 e. The van der Waals surface area contributed by atoms with Crippen molar-refractivity contribution in [2.45, 2.75) is 25.4 Å². The van der Waals surface area contributed by atoms with Crippen LogP contribution in [-0.2, 0) is 6.54 Å². The predicted molar refractivity (Wildman–Crippen MR) is 126 cm³/mol. The van der Waals surface area contributed by atoms with Crippen molar-refractivity contribution in [2.24, 2.45) is 0 Å². The van der Waals surface area contributed by atoms with Crippen LogP contribution in [0.3, 0.4) is 0 Å². The Morgan fingerprint density at radius 2 is 1.73 bits per heavy atom. The molecule has 33 heavy (non-hydrogen) atoms. The number of phenolic OH excluding ortho intramolecular Hbond substituents is 1. The van der Waals surface area contributed by atoms with Crippen molar-refractivity contribution >= 4 is 6.03 Å². The Hall–Kier alpha value is -3.52. The molecule has 2 aromatic carbocycles. The quantitative estimate of drug-likeness (QED) is 0.615. The number of methoxy groups -OCH3 is 2. The maximum Gasteiger partial charge on any atom is 0.329 e. The minimum absolute atomic E-state index is 0.0940. The van der Waals surface area contributed by atoms with E-state index in [2.05, 4.69) is 9.88 Å². The molecule has 8 nitrogen and oxygen atoms in total. The molecule has 1 N–H and O–H groups in total. The van der Waals surface area contributed by atoms with Crippen molar-refractivity contribution in [2.75, 3.05) is 34.4 Å². The van der Waals surface area contributed by atoms with Crippen LogP contribution < -0.4 is 9.47 Å². The molecule has 0 radical (unpaired) electrons. The van der Waals surface area contributed by atoms with Gasteiger partial charge in [-0.15, -0.1) is 0 Å². The van der Waals surface area contributed by atoms with Crippen LogP contribution in [0, 0.1) is 0 Å². The standard InChI is InChI=1S/C25H30N4O4/c1-27(25(31)29-16-24(26-17-29)19-4-6-21(30)7-5-19)20-8-10-28(11-9-20)15-18-12-22(32-2)14-23(13-18)33-3/h4-7,12-14,16-17,20,30H,8-11,15H2,1-3H3. The van der Waals surface area contributed by atoms with E-state index in [0.717, 1.165) is 55.1 Å². The van der Waals surface area contributed by atoms with Crippen LogP contribution in [0.25, 0.3) is 11.3 Å². The molecule has 0 atom stereocenters. The lowest BCUT2D eigenvalue weighted by Crippen LogP contribution is -2.46. The van der Waals surface area contributed by atoms with Crippen molar-refractivity contribution in [3.63, 3.8) is 0 Å². The first-order valence-electron chi connectivity index (χ1n) is 11.0. The van der Waals surface area contributed by atoms with E-state index >= 15 is 0 Å². The van der Waals surface area contributed by atoms with Crippen LogP contribution in [0.1, 0.15) is 18.4 Å². The fraction of sp³-hybridized carbons (Fsp3) is 0.360. The summed E-state index contributed by atoms with van der Waals surface area (Å²) in [7, 11) is 5.17. The molecule has 0 spiro atoms. The first-order valence-corrected chi connectivity index (χ1v) is 11.0. The zero-order valence-corrected chi connectivity index (χ0v) is 19.3. The molecular formula is C25H30N4O4. The highest BCUT2D eigenvalue weighted by molar-refractivity contribution is 5.78. The fourth-order valence-corrected chi connectivity index (χ4v) is 4.23. The van der Waals surface area contributed by atoms with E-state index in [-0.39, 0.29) is 17.8 Å². The molecule has 0 saturated carbocycles. The summed E-state index contributed by atoms with van der Waals surface area (Å²) in [6.07, 6.45) is 5.09. The maximum absolute atomic E-state index is 13.0. The van der Waals surface area contributed by atoms with E-state index < -0.39 is 0 Å². The van der Waals surface area contributed by atoms with Crippen molar-refractivity contribution in [3.05, 3.63) is 60.6 Å². The van der Waals surface area contributed by atoms with E-state index in [9.17, 15) is 9.90 Å². The third kappa shape index (κ3) is 5.28. The molecule has 8 heteroatoms. The van der Waals surface area contributed by atoms with E-state index in [1.165, 1.54) is 4.57 Å². The Bertz CT molecular complexity index is 1070. The molecule has 1 amide bonds. The monoisotopic (exact) mass is 450 g/mol. The molecule has 1 aliphatic heterocycles. The lowest BCUT2D eigenvalue weighted by Gasteiger charge is -2.36. The number of carbonyl (C=O) groups is 1. The minimum atomic E-state index is -0.0940. The summed E-state index contributed by atoms with van der Waals surface area (Å²) in [4.78, 5) is 21.6. The Morgan fingerprint density at radius 1 is 1.09 bits per heavy atom. The number of hydrogen-bond acceptors (Lipinski definition) is 6. The number of nitrogens with zero attached hydrogens (tertiary/aromatic N) is 4. The molecule has 0 unspecified atom stereocenters. The number of hydrogen-bond donors (Lipinski definition) is 1. The fourth-order valence-electron chi connectivity index (χ4n) is 4.23. The molecule has 0 aliphatic carbocycles. The number of imidazole rings is 1. The molecule has 0 bridgehead atoms. The summed E-state index contributed by atoms with van der Waals surface area (Å²) in [5.41, 5.74) is 2.69. The van der Waals surface area contributed by atoms with E-state index in [0.29, 0.717) is 5.69 Å². The summed E-state index contributed by atoms with van der Waals surface area (Å²) in [5, 5.41) is 9.46. The van der Waals surface area contributed by atoms with Gasteiger partial charge in [-0.2, -0.15) is 0 Å². The highest BCUT2D eigenvalue weighted by atomic mass is 16.5. The van der Waals surface area contributed by atoms with Crippen LogP contribution in [0.5, 0.6) is 17.2 Å². The van der Waals surface area contributed by atoms with Crippen LogP contribution in [0.15, 0.2) is 55.0 Å². The Morgan fingerprint density at radius 3 is 2.33 bits per heavy atom. The van der Waals surface area contributed by atoms with Gasteiger partial charge >= 0.3 is 6.03 Å². The summed E-state index contributed by atoms with van der Waals surface area (Å²) in [6, 6.07) is 12.8. The van der Waals surface area contributed by atoms with E-state index in [1.807, 2.05) is 30.1 Å². The number of amides is 1. The normalized spacial score (nSPS) is 14.8. The van der Waals surface area contributed by atoms with Gasteiger partial charge in [-0.05, 0) is 54.8 Å². The number of rotatable bonds is 6. The van der Waals surface area contributed by atoms with Gasteiger partial charge in [0.05, 0.1) is 19.9 Å². The largest absolute Gasteiger partial charge is 0.508 e. The second-order valence-electron chi connectivity index (χ2n) is 8.33. The van der Waals surface area contributed by atoms with Crippen molar-refractivity contribution in [1.29, 1.82) is 0 Å². The van der Waals surface area contributed by atoms with Crippen molar-refractivity contribution in [1.82, 2.24) is 19.4 Å². The lowest BCUT2D eigenvalue weighted by atomic mass is 10.0. The van der Waals surface area contributed by atoms with Crippen LogP contribution in [0.2, 0.25) is 0 Å². The number of aromatic nitrogens is 2. The van der Waals surface area contributed by atoms with Gasteiger partial charge in [0, 0.05) is 50.6 Å². The Kier molecular flexibility index (Phi) is 6.84. The zero-order chi connectivity index (χ0) is 23.4. The SMILES string of the molecule is COc1cc(CN2CCC(N(C)C(=O)n3cnc(-c4ccc(O)cc4)c3)CC2)cc(OC)c1. The predicted octanol–water partition coefficient (Wildman–Crippen LogP) is 3.84. The topological polar surface area (TPSA) is 80.1 Å². The number of benzene rings is 2. The summed E-state index contributed by atoms with van der Waals surface area (Å²) in [6.45, 7) is 2.63. The average molecular weight is 451 g/mol. The second-order valence-corrected chi connectivity index (χ2v) is 8.33. The van der Waals surface area contributed by atoms with Gasteiger partial charge in [0.25, 0.3) is 0 Å². The van der Waals surface area contributed by atoms with Gasteiger partial charge < -0.3 is 19.5 Å². The van der Waals surface area contributed by atoms with Crippen molar-refractivity contribution in [3.8, 4) is 28.5 Å². The highest BCUT2D eigenvalue weighted by Gasteiger charge is 2.26. The van der Waals surface area contributed by atoms with Crippen LogP contribution >= 0.6 is 0 Å². The molecule has 1 aromatic heterocycles. The van der Waals surface area contributed by atoms with E-state index in [4.69, 9.17) is 9.47 Å². The first-order chi connectivity index (χ1) is 16.0. The Balaban J connectivity index is 1.34. The zero-order valence-electron chi connectivity index (χ0n) is 19.3. The number of piperidine rings is 1. The molecule has 4 rings (SSSR count). The number of ether oxygens (including phenoxy) is 2. The van der Waals surface area contributed by atoms with Crippen LogP contribution in [-0.4, -0.2) is 70.9 Å². The lowest BCUT2D eigenvalue weighted by molar-refractivity contribution is 0.131. The maximum atomic E-state index is 13.0. The molecule has 2 heterocycles. The van der Waals surface area contributed by atoms with Crippen LogP contribution in [0.4, 0.5) is 4.79 Å². The van der Waals surface area contributed by atoms with E-state index in [1.54, 1.807) is 51.0 Å². The van der Waals surface area contributed by atoms with Gasteiger partial charge in [-0.25, -0.2) is 9.78 Å². The number of likely N-dealkylation sites (tertiary alicyclic amines) is 1. The van der Waals surface area contributed by atoms with Gasteiger partial charge in [-0.1, -0.05) is 0 Å². The summed E-state index contributed by atoms with van der Waals surface area (Å²) in [5.74, 6) is 1.78.